The van der Waals surface area contributed by atoms with Crippen molar-refractivity contribution in [2.24, 2.45) is 0 Å². The number of hydrogen-bond donors (Lipinski definition) is 1. The summed E-state index contributed by atoms with van der Waals surface area (Å²) in [4.78, 5) is 0. The molecule has 0 amide bonds. The van der Waals surface area contributed by atoms with E-state index >= 15 is 0 Å². The van der Waals surface area contributed by atoms with E-state index in [1.54, 1.807) is 12.1 Å². The van der Waals surface area contributed by atoms with E-state index in [1.807, 2.05) is 12.1 Å². The highest BCUT2D eigenvalue weighted by atomic mass is 79.9. The third-order valence-corrected chi connectivity index (χ3v) is 4.15. The molecule has 0 bridgehead atoms. The normalized spacial score (nSPS) is 13.1. The van der Waals surface area contributed by atoms with E-state index in [4.69, 9.17) is 9.47 Å². The minimum Gasteiger partial charge on any atom is -0.486 e. The molecule has 110 valence electrons. The summed E-state index contributed by atoms with van der Waals surface area (Å²) in [5.41, 5.74) is 1.43. The molecule has 3 nitrogen and oxygen atoms in total. The van der Waals surface area contributed by atoms with Gasteiger partial charge in [0.1, 0.15) is 19.0 Å². The molecule has 2 aromatic carbocycles. The second-order valence-corrected chi connectivity index (χ2v) is 6.35. The van der Waals surface area contributed by atoms with Crippen LogP contribution in [0.3, 0.4) is 0 Å². The summed E-state index contributed by atoms with van der Waals surface area (Å²) in [7, 11) is 0. The molecule has 3 rings (SSSR count). The van der Waals surface area contributed by atoms with Crippen LogP contribution in [0.2, 0.25) is 0 Å². The van der Waals surface area contributed by atoms with Crippen LogP contribution >= 0.6 is 31.9 Å². The second kappa shape index (κ2) is 6.23. The highest BCUT2D eigenvalue weighted by Gasteiger charge is 2.16. The lowest BCUT2D eigenvalue weighted by Crippen LogP contribution is -2.16. The van der Waals surface area contributed by atoms with Crippen LogP contribution in [0.5, 0.6) is 11.5 Å². The largest absolute Gasteiger partial charge is 0.486 e. The van der Waals surface area contributed by atoms with Crippen molar-refractivity contribution in [2.45, 2.75) is 6.54 Å². The molecule has 0 aromatic heterocycles. The zero-order valence-corrected chi connectivity index (χ0v) is 14.1. The lowest BCUT2D eigenvalue weighted by atomic mass is 10.2. The Labute approximate surface area is 138 Å². The lowest BCUT2D eigenvalue weighted by Gasteiger charge is -2.20. The topological polar surface area (TPSA) is 30.5 Å². The van der Waals surface area contributed by atoms with E-state index in [-0.39, 0.29) is 5.82 Å². The van der Waals surface area contributed by atoms with Crippen molar-refractivity contribution in [1.82, 2.24) is 0 Å². The van der Waals surface area contributed by atoms with E-state index in [0.29, 0.717) is 31.2 Å². The first-order chi connectivity index (χ1) is 10.1. The molecule has 0 radical (unpaired) electrons. The highest BCUT2D eigenvalue weighted by Crippen LogP contribution is 2.38. The molecule has 21 heavy (non-hydrogen) atoms. The monoisotopic (exact) mass is 415 g/mol. The van der Waals surface area contributed by atoms with Crippen LogP contribution in [0.1, 0.15) is 5.56 Å². The fraction of sp³-hybridized carbons (Fsp3) is 0.200. The van der Waals surface area contributed by atoms with Crippen molar-refractivity contribution >= 4 is 37.5 Å². The Morgan fingerprint density at radius 1 is 1.10 bits per heavy atom. The van der Waals surface area contributed by atoms with E-state index in [2.05, 4.69) is 37.2 Å². The Hall–Kier alpha value is -1.27. The quantitative estimate of drug-likeness (QED) is 0.784. The number of hydrogen-bond acceptors (Lipinski definition) is 3. The molecule has 0 fully saturated rings. The van der Waals surface area contributed by atoms with Crippen LogP contribution in [0.25, 0.3) is 0 Å². The molecular weight excluding hydrogens is 405 g/mol. The molecule has 6 heteroatoms. The van der Waals surface area contributed by atoms with Gasteiger partial charge >= 0.3 is 0 Å². The van der Waals surface area contributed by atoms with Gasteiger partial charge in [-0.3, -0.25) is 0 Å². The summed E-state index contributed by atoms with van der Waals surface area (Å²) < 4.78 is 26.5. The molecule has 1 heterocycles. The van der Waals surface area contributed by atoms with E-state index in [1.165, 1.54) is 6.07 Å². The average molecular weight is 417 g/mol. The maximum atomic E-state index is 13.7. The molecule has 1 N–H and O–H groups in total. The summed E-state index contributed by atoms with van der Waals surface area (Å²) in [6.07, 6.45) is 0. The van der Waals surface area contributed by atoms with Crippen LogP contribution < -0.4 is 14.8 Å². The number of ether oxygens (including phenoxy) is 2. The molecular formula is C15H12Br2FNO2. The summed E-state index contributed by atoms with van der Waals surface area (Å²) >= 11 is 6.80. The fourth-order valence-corrected chi connectivity index (χ4v) is 3.06. The van der Waals surface area contributed by atoms with Gasteiger partial charge in [-0.05, 0) is 51.8 Å². The Kier molecular flexibility index (Phi) is 4.35. The average Bonchev–Trinajstić information content (AvgIpc) is 2.48. The molecule has 1 aliphatic heterocycles. The molecule has 1 aliphatic rings. The number of benzene rings is 2. The van der Waals surface area contributed by atoms with Crippen molar-refractivity contribution in [1.29, 1.82) is 0 Å². The standard InChI is InChI=1S/C15H12Br2FNO2/c16-10-1-2-12(18)13(7-10)19-8-9-5-11(17)15-14(6-9)20-3-4-21-15/h1-2,5-7,19H,3-4,8H2. The Morgan fingerprint density at radius 2 is 1.90 bits per heavy atom. The van der Waals surface area contributed by atoms with Gasteiger partial charge in [0, 0.05) is 11.0 Å². The van der Waals surface area contributed by atoms with Crippen LogP contribution in [-0.4, -0.2) is 13.2 Å². The minimum atomic E-state index is -0.283. The van der Waals surface area contributed by atoms with Crippen molar-refractivity contribution in [3.05, 3.63) is 50.7 Å². The minimum absolute atomic E-state index is 0.283. The Balaban J connectivity index is 1.79. The fourth-order valence-electron chi connectivity index (χ4n) is 2.10. The number of rotatable bonds is 3. The van der Waals surface area contributed by atoms with E-state index in [0.717, 1.165) is 20.3 Å². The molecule has 0 atom stereocenters. The highest BCUT2D eigenvalue weighted by molar-refractivity contribution is 9.10. The van der Waals surface area contributed by atoms with Gasteiger partial charge in [-0.15, -0.1) is 0 Å². The molecule has 0 spiro atoms. The zero-order chi connectivity index (χ0) is 14.8. The summed E-state index contributed by atoms with van der Waals surface area (Å²) in [6.45, 7) is 1.58. The molecule has 0 saturated heterocycles. The van der Waals surface area contributed by atoms with Crippen molar-refractivity contribution in [3.8, 4) is 11.5 Å². The Morgan fingerprint density at radius 3 is 2.76 bits per heavy atom. The maximum Gasteiger partial charge on any atom is 0.175 e. The number of fused-ring (bicyclic) bond motifs is 1. The van der Waals surface area contributed by atoms with Crippen LogP contribution in [-0.2, 0) is 6.54 Å². The maximum absolute atomic E-state index is 13.7. The second-order valence-electron chi connectivity index (χ2n) is 4.58. The van der Waals surface area contributed by atoms with Gasteiger partial charge in [0.15, 0.2) is 11.5 Å². The number of halogens is 3. The van der Waals surface area contributed by atoms with Crippen LogP contribution in [0.15, 0.2) is 39.3 Å². The van der Waals surface area contributed by atoms with Gasteiger partial charge in [0.25, 0.3) is 0 Å². The summed E-state index contributed by atoms with van der Waals surface area (Å²) in [5.74, 6) is 1.15. The predicted molar refractivity (Wildman–Crippen MR) is 86.6 cm³/mol. The van der Waals surface area contributed by atoms with E-state index < -0.39 is 0 Å². The summed E-state index contributed by atoms with van der Waals surface area (Å²) in [6, 6.07) is 8.65. The van der Waals surface area contributed by atoms with Crippen molar-refractivity contribution < 1.29 is 13.9 Å². The first kappa shape index (κ1) is 14.7. The molecule has 0 aliphatic carbocycles. The number of anilines is 1. The van der Waals surface area contributed by atoms with Gasteiger partial charge in [0.05, 0.1) is 10.2 Å². The van der Waals surface area contributed by atoms with Crippen LogP contribution in [0, 0.1) is 5.82 Å². The van der Waals surface area contributed by atoms with Crippen LogP contribution in [0.4, 0.5) is 10.1 Å². The molecule has 0 saturated carbocycles. The van der Waals surface area contributed by atoms with Gasteiger partial charge in [-0.25, -0.2) is 4.39 Å². The first-order valence-corrected chi connectivity index (χ1v) is 7.99. The molecule has 0 unspecified atom stereocenters. The predicted octanol–water partition coefficient (Wildman–Crippen LogP) is 4.73. The van der Waals surface area contributed by atoms with Gasteiger partial charge < -0.3 is 14.8 Å². The van der Waals surface area contributed by atoms with Gasteiger partial charge in [-0.2, -0.15) is 0 Å². The Bertz CT molecular complexity index is 679. The van der Waals surface area contributed by atoms with Gasteiger partial charge in [-0.1, -0.05) is 15.9 Å². The van der Waals surface area contributed by atoms with Crippen molar-refractivity contribution in [3.63, 3.8) is 0 Å². The number of nitrogens with one attached hydrogen (secondary N) is 1. The third-order valence-electron chi connectivity index (χ3n) is 3.07. The zero-order valence-electron chi connectivity index (χ0n) is 11.0. The van der Waals surface area contributed by atoms with Gasteiger partial charge in [0.2, 0.25) is 0 Å². The third kappa shape index (κ3) is 3.32. The smallest absolute Gasteiger partial charge is 0.175 e. The SMILES string of the molecule is Fc1ccc(Br)cc1NCc1cc(Br)c2c(c1)OCCO2. The van der Waals surface area contributed by atoms with E-state index in [9.17, 15) is 4.39 Å². The summed E-state index contributed by atoms with van der Waals surface area (Å²) in [5, 5.41) is 3.08. The molecule has 2 aromatic rings. The first-order valence-electron chi connectivity index (χ1n) is 6.40. The lowest BCUT2D eigenvalue weighted by molar-refractivity contribution is 0.170. The van der Waals surface area contributed by atoms with Crippen molar-refractivity contribution in [2.75, 3.05) is 18.5 Å².